The smallest absolute Gasteiger partial charge is 0.416 e. The molecular weight excluding hydrogens is 379 g/mol. The van der Waals surface area contributed by atoms with Crippen LogP contribution in [0.5, 0.6) is 0 Å². The number of carboxylic acid groups (broad SMARTS) is 1. The van der Waals surface area contributed by atoms with Crippen LogP contribution in [0, 0.1) is 19.8 Å². The fourth-order valence-corrected chi connectivity index (χ4v) is 4.14. The van der Waals surface area contributed by atoms with Crippen LogP contribution in [0.1, 0.15) is 53.1 Å². The van der Waals surface area contributed by atoms with Crippen molar-refractivity contribution in [1.29, 1.82) is 0 Å². The van der Waals surface area contributed by atoms with Crippen molar-refractivity contribution in [2.75, 3.05) is 6.54 Å². The molecule has 1 aliphatic rings. The molecule has 3 nitrogen and oxygen atoms in total. The Bertz CT molecular complexity index is 861. The molecule has 1 heterocycles. The van der Waals surface area contributed by atoms with E-state index < -0.39 is 17.7 Å². The maximum atomic E-state index is 12.9. The van der Waals surface area contributed by atoms with Crippen LogP contribution >= 0.6 is 0 Å². The number of rotatable bonds is 5. The molecule has 0 aromatic heterocycles. The number of likely N-dealkylation sites (tertiary alicyclic amines) is 1. The summed E-state index contributed by atoms with van der Waals surface area (Å²) in [5, 5.41) is 9.18. The van der Waals surface area contributed by atoms with Gasteiger partial charge in [0.05, 0.1) is 5.56 Å². The van der Waals surface area contributed by atoms with Gasteiger partial charge >= 0.3 is 12.1 Å². The zero-order chi connectivity index (χ0) is 21.2. The predicted octanol–water partition coefficient (Wildman–Crippen LogP) is 5.75. The van der Waals surface area contributed by atoms with E-state index in [1.165, 1.54) is 23.3 Å². The molecule has 2 atom stereocenters. The van der Waals surface area contributed by atoms with Crippen molar-refractivity contribution in [3.05, 3.63) is 70.3 Å². The topological polar surface area (TPSA) is 40.5 Å². The summed E-state index contributed by atoms with van der Waals surface area (Å²) >= 11 is 0. The van der Waals surface area contributed by atoms with Crippen LogP contribution in [0.4, 0.5) is 13.2 Å². The summed E-state index contributed by atoms with van der Waals surface area (Å²) in [6, 6.07) is 11.5. The van der Waals surface area contributed by atoms with Crippen LogP contribution in [0.15, 0.2) is 42.5 Å². The molecule has 3 rings (SSSR count). The zero-order valence-corrected chi connectivity index (χ0v) is 16.7. The van der Waals surface area contributed by atoms with E-state index in [9.17, 15) is 23.1 Å². The van der Waals surface area contributed by atoms with E-state index in [0.29, 0.717) is 13.0 Å². The number of benzene rings is 2. The molecule has 6 heteroatoms. The summed E-state index contributed by atoms with van der Waals surface area (Å²) in [5.41, 5.74) is 3.67. The SMILES string of the molecule is Cc1ccc(C)c(CN2CCC(CC(=O)O)CC2c2ccc(C(F)(F)F)cc2)c1. The van der Waals surface area contributed by atoms with Crippen molar-refractivity contribution in [2.24, 2.45) is 5.92 Å². The van der Waals surface area contributed by atoms with E-state index in [1.807, 2.05) is 6.92 Å². The molecule has 2 aromatic carbocycles. The van der Waals surface area contributed by atoms with Gasteiger partial charge in [0.2, 0.25) is 0 Å². The number of hydrogen-bond acceptors (Lipinski definition) is 2. The molecule has 1 N–H and O–H groups in total. The lowest BCUT2D eigenvalue weighted by atomic mass is 9.84. The highest BCUT2D eigenvalue weighted by Crippen LogP contribution is 2.38. The number of carbonyl (C=O) groups is 1. The fourth-order valence-electron chi connectivity index (χ4n) is 4.14. The number of halogens is 3. The average molecular weight is 405 g/mol. The van der Waals surface area contributed by atoms with Gasteiger partial charge in [-0.15, -0.1) is 0 Å². The van der Waals surface area contributed by atoms with E-state index in [4.69, 9.17) is 0 Å². The average Bonchev–Trinajstić information content (AvgIpc) is 2.65. The number of hydrogen-bond donors (Lipinski definition) is 1. The van der Waals surface area contributed by atoms with Gasteiger partial charge in [-0.1, -0.05) is 35.9 Å². The van der Waals surface area contributed by atoms with Crippen LogP contribution in [-0.2, 0) is 17.5 Å². The molecule has 0 spiro atoms. The van der Waals surface area contributed by atoms with Gasteiger partial charge in [-0.3, -0.25) is 9.69 Å². The number of carboxylic acids is 1. The summed E-state index contributed by atoms with van der Waals surface area (Å²) in [4.78, 5) is 13.4. The van der Waals surface area contributed by atoms with Crippen LogP contribution < -0.4 is 0 Å². The Kier molecular flexibility index (Phi) is 6.32. The molecule has 0 saturated carbocycles. The highest BCUT2D eigenvalue weighted by Gasteiger charge is 2.33. The maximum absolute atomic E-state index is 12.9. The van der Waals surface area contributed by atoms with Gasteiger partial charge in [0.25, 0.3) is 0 Å². The molecule has 156 valence electrons. The molecular formula is C23H26F3NO2. The standard InChI is InChI=1S/C23H26F3NO2/c1-15-3-4-16(2)19(11-15)14-27-10-9-17(13-22(28)29)12-21(27)18-5-7-20(8-6-18)23(24,25)26/h3-8,11,17,21H,9-10,12-14H2,1-2H3,(H,28,29). The highest BCUT2D eigenvalue weighted by atomic mass is 19.4. The predicted molar refractivity (Wildman–Crippen MR) is 105 cm³/mol. The minimum atomic E-state index is -4.37. The van der Waals surface area contributed by atoms with Crippen LogP contribution in [-0.4, -0.2) is 22.5 Å². The van der Waals surface area contributed by atoms with Crippen LogP contribution in [0.25, 0.3) is 0 Å². The number of aliphatic carboxylic acids is 1. The fraction of sp³-hybridized carbons (Fsp3) is 0.435. The minimum Gasteiger partial charge on any atom is -0.481 e. The lowest BCUT2D eigenvalue weighted by molar-refractivity contribution is -0.139. The molecule has 0 radical (unpaired) electrons. The first-order valence-electron chi connectivity index (χ1n) is 9.82. The van der Waals surface area contributed by atoms with Gasteiger partial charge in [-0.2, -0.15) is 13.2 Å². The second-order valence-corrected chi connectivity index (χ2v) is 8.02. The second kappa shape index (κ2) is 8.57. The Hall–Kier alpha value is -2.34. The largest absolute Gasteiger partial charge is 0.481 e. The van der Waals surface area contributed by atoms with E-state index in [2.05, 4.69) is 30.0 Å². The molecule has 1 fully saturated rings. The quantitative estimate of drug-likeness (QED) is 0.689. The molecule has 0 aliphatic carbocycles. The Morgan fingerprint density at radius 2 is 1.83 bits per heavy atom. The minimum absolute atomic E-state index is 0.0228. The third-order valence-corrected chi connectivity index (χ3v) is 5.79. The molecule has 0 bridgehead atoms. The molecule has 1 aliphatic heterocycles. The summed E-state index contributed by atoms with van der Waals surface area (Å²) in [5.74, 6) is -0.807. The number of piperidine rings is 1. The summed E-state index contributed by atoms with van der Waals surface area (Å²) in [6.45, 7) is 5.50. The van der Waals surface area contributed by atoms with Crippen molar-refractivity contribution in [2.45, 2.75) is 51.9 Å². The Morgan fingerprint density at radius 1 is 1.14 bits per heavy atom. The van der Waals surface area contributed by atoms with Crippen molar-refractivity contribution < 1.29 is 23.1 Å². The molecule has 1 saturated heterocycles. The first kappa shape index (κ1) is 21.4. The van der Waals surface area contributed by atoms with Crippen molar-refractivity contribution in [3.63, 3.8) is 0 Å². The Morgan fingerprint density at radius 3 is 2.45 bits per heavy atom. The monoisotopic (exact) mass is 405 g/mol. The summed E-state index contributed by atoms with van der Waals surface area (Å²) in [6.07, 6.45) is -2.87. The van der Waals surface area contributed by atoms with Gasteiger partial charge in [0.15, 0.2) is 0 Å². The normalized spacial score (nSPS) is 20.6. The van der Waals surface area contributed by atoms with E-state index in [1.54, 1.807) is 0 Å². The second-order valence-electron chi connectivity index (χ2n) is 8.02. The zero-order valence-electron chi connectivity index (χ0n) is 16.7. The molecule has 0 amide bonds. The number of aryl methyl sites for hydroxylation is 2. The first-order valence-corrected chi connectivity index (χ1v) is 9.82. The van der Waals surface area contributed by atoms with Gasteiger partial charge in [0, 0.05) is 19.0 Å². The van der Waals surface area contributed by atoms with Crippen LogP contribution in [0.3, 0.4) is 0 Å². The summed E-state index contributed by atoms with van der Waals surface area (Å²) < 4.78 is 38.8. The van der Waals surface area contributed by atoms with Gasteiger partial charge in [0.1, 0.15) is 0 Å². The maximum Gasteiger partial charge on any atom is 0.416 e. The van der Waals surface area contributed by atoms with E-state index in [0.717, 1.165) is 36.2 Å². The van der Waals surface area contributed by atoms with Gasteiger partial charge in [-0.25, -0.2) is 0 Å². The third kappa shape index (κ3) is 5.38. The molecule has 29 heavy (non-hydrogen) atoms. The Labute approximate surface area is 169 Å². The van der Waals surface area contributed by atoms with E-state index >= 15 is 0 Å². The molecule has 2 unspecified atom stereocenters. The van der Waals surface area contributed by atoms with Gasteiger partial charge in [-0.05, 0) is 68.0 Å². The van der Waals surface area contributed by atoms with Crippen molar-refractivity contribution in [1.82, 2.24) is 4.90 Å². The van der Waals surface area contributed by atoms with E-state index in [-0.39, 0.29) is 18.4 Å². The highest BCUT2D eigenvalue weighted by molar-refractivity contribution is 5.67. The summed E-state index contributed by atoms with van der Waals surface area (Å²) in [7, 11) is 0. The molecule has 2 aromatic rings. The third-order valence-electron chi connectivity index (χ3n) is 5.79. The van der Waals surface area contributed by atoms with Gasteiger partial charge < -0.3 is 5.11 Å². The van der Waals surface area contributed by atoms with Crippen molar-refractivity contribution in [3.8, 4) is 0 Å². The van der Waals surface area contributed by atoms with Crippen LogP contribution in [0.2, 0.25) is 0 Å². The lowest BCUT2D eigenvalue weighted by Gasteiger charge is -2.40. The lowest BCUT2D eigenvalue weighted by Crippen LogP contribution is -2.37. The Balaban J connectivity index is 1.87. The number of nitrogens with zero attached hydrogens (tertiary/aromatic N) is 1. The first-order chi connectivity index (χ1) is 13.6. The van der Waals surface area contributed by atoms with Crippen molar-refractivity contribution >= 4 is 5.97 Å². The number of alkyl halides is 3.